The molecule has 0 saturated heterocycles. The summed E-state index contributed by atoms with van der Waals surface area (Å²) in [5.41, 5.74) is 5.84. The molecule has 0 spiro atoms. The van der Waals surface area contributed by atoms with Crippen molar-refractivity contribution in [3.8, 4) is 11.3 Å². The van der Waals surface area contributed by atoms with Crippen molar-refractivity contribution < 1.29 is 4.39 Å². The Labute approximate surface area is 169 Å². The molecule has 3 aromatic rings. The first kappa shape index (κ1) is 19.1. The van der Waals surface area contributed by atoms with Crippen molar-refractivity contribution in [3.63, 3.8) is 0 Å². The van der Waals surface area contributed by atoms with E-state index in [1.807, 2.05) is 11.4 Å². The molecule has 0 bridgehead atoms. The van der Waals surface area contributed by atoms with Crippen LogP contribution in [0.3, 0.4) is 0 Å². The number of anilines is 1. The average Bonchev–Trinajstić information content (AvgIpc) is 3.29. The van der Waals surface area contributed by atoms with E-state index in [0.717, 1.165) is 60.5 Å². The Hall–Kier alpha value is -2.21. The van der Waals surface area contributed by atoms with Crippen LogP contribution >= 0.6 is 11.6 Å². The smallest absolute Gasteiger partial charge is 0.167 e. The van der Waals surface area contributed by atoms with Crippen molar-refractivity contribution in [3.05, 3.63) is 39.8 Å². The summed E-state index contributed by atoms with van der Waals surface area (Å²) >= 11 is 6.45. The molecule has 0 aromatic carbocycles. The van der Waals surface area contributed by atoms with Crippen LogP contribution in [-0.2, 0) is 19.5 Å². The number of rotatable bonds is 6. The number of halogens is 2. The van der Waals surface area contributed by atoms with E-state index in [9.17, 15) is 4.39 Å². The first-order chi connectivity index (χ1) is 13.6. The molecule has 1 aliphatic rings. The van der Waals surface area contributed by atoms with Gasteiger partial charge in [-0.25, -0.2) is 9.37 Å². The predicted molar refractivity (Wildman–Crippen MR) is 111 cm³/mol. The van der Waals surface area contributed by atoms with Crippen LogP contribution in [0.4, 0.5) is 10.2 Å². The van der Waals surface area contributed by atoms with E-state index in [2.05, 4.69) is 24.1 Å². The van der Waals surface area contributed by atoms with E-state index >= 15 is 0 Å². The van der Waals surface area contributed by atoms with Gasteiger partial charge in [-0.05, 0) is 45.1 Å². The predicted octanol–water partition coefficient (Wildman–Crippen LogP) is 5.31. The fourth-order valence-electron chi connectivity index (χ4n) is 3.98. The van der Waals surface area contributed by atoms with Gasteiger partial charge in [0, 0.05) is 29.1 Å². The maximum Gasteiger partial charge on any atom is 0.167 e. The molecule has 3 aromatic heterocycles. The molecule has 1 aliphatic carbocycles. The van der Waals surface area contributed by atoms with Gasteiger partial charge in [0.1, 0.15) is 12.5 Å². The van der Waals surface area contributed by atoms with E-state index in [1.54, 1.807) is 6.07 Å². The molecule has 3 heterocycles. The highest BCUT2D eigenvalue weighted by Gasteiger charge is 2.26. The molecule has 0 radical (unpaired) electrons. The van der Waals surface area contributed by atoms with Crippen molar-refractivity contribution in [1.29, 1.82) is 0 Å². The summed E-state index contributed by atoms with van der Waals surface area (Å²) in [6, 6.07) is 2.01. The minimum Gasteiger partial charge on any atom is -0.367 e. The largest absolute Gasteiger partial charge is 0.367 e. The van der Waals surface area contributed by atoms with Gasteiger partial charge in [0.25, 0.3) is 0 Å². The minimum absolute atomic E-state index is 0.383. The third-order valence-electron chi connectivity index (χ3n) is 5.58. The second kappa shape index (κ2) is 7.66. The molecule has 0 saturated carbocycles. The fraction of sp³-hybridized carbons (Fsp3) is 0.476. The molecule has 148 valence electrons. The SMILES string of the molecule is CCC(CC)Nc1c2c(nc3c(-c4ncc(CF)cc4Cl)c(C)nn13)CCC2. The Balaban J connectivity index is 1.94. The van der Waals surface area contributed by atoms with Gasteiger partial charge in [-0.15, -0.1) is 0 Å². The maximum absolute atomic E-state index is 13.0. The van der Waals surface area contributed by atoms with E-state index in [1.165, 1.54) is 11.8 Å². The molecular weight excluding hydrogens is 377 g/mol. The number of fused-ring (bicyclic) bond motifs is 2. The molecule has 0 amide bonds. The van der Waals surface area contributed by atoms with Gasteiger partial charge in [-0.2, -0.15) is 9.61 Å². The van der Waals surface area contributed by atoms with Crippen LogP contribution in [0.15, 0.2) is 12.3 Å². The molecule has 28 heavy (non-hydrogen) atoms. The zero-order valence-corrected chi connectivity index (χ0v) is 17.3. The molecule has 0 aliphatic heterocycles. The van der Waals surface area contributed by atoms with Gasteiger partial charge in [0.2, 0.25) is 0 Å². The van der Waals surface area contributed by atoms with Crippen LogP contribution in [0.25, 0.3) is 16.9 Å². The standard InChI is InChI=1S/C21H25ClFN5/c1-4-14(5-2)25-20-15-7-6-8-17(15)26-21-18(12(3)27-28(20)21)19-16(22)9-13(10-23)11-24-19/h9,11,14,25H,4-8,10H2,1-3H3. The lowest BCUT2D eigenvalue weighted by Crippen LogP contribution is -2.21. The highest BCUT2D eigenvalue weighted by molar-refractivity contribution is 6.33. The summed E-state index contributed by atoms with van der Waals surface area (Å²) in [7, 11) is 0. The van der Waals surface area contributed by atoms with E-state index < -0.39 is 6.67 Å². The summed E-state index contributed by atoms with van der Waals surface area (Å²) in [4.78, 5) is 9.38. The monoisotopic (exact) mass is 401 g/mol. The minimum atomic E-state index is -0.587. The number of nitrogens with one attached hydrogen (secondary N) is 1. The number of pyridine rings is 1. The van der Waals surface area contributed by atoms with Gasteiger partial charge in [0.05, 0.1) is 22.0 Å². The molecule has 0 unspecified atom stereocenters. The number of aromatic nitrogens is 4. The van der Waals surface area contributed by atoms with Crippen LogP contribution in [0.2, 0.25) is 5.02 Å². The van der Waals surface area contributed by atoms with Crippen molar-refractivity contribution in [2.45, 2.75) is 65.6 Å². The van der Waals surface area contributed by atoms with Crippen molar-refractivity contribution in [1.82, 2.24) is 19.6 Å². The maximum atomic E-state index is 13.0. The van der Waals surface area contributed by atoms with Gasteiger partial charge in [-0.3, -0.25) is 4.98 Å². The number of hydrogen-bond donors (Lipinski definition) is 1. The van der Waals surface area contributed by atoms with Crippen molar-refractivity contribution in [2.75, 3.05) is 5.32 Å². The van der Waals surface area contributed by atoms with Gasteiger partial charge >= 0.3 is 0 Å². The molecule has 7 heteroatoms. The van der Waals surface area contributed by atoms with Crippen LogP contribution < -0.4 is 5.32 Å². The van der Waals surface area contributed by atoms with Crippen LogP contribution in [-0.4, -0.2) is 25.6 Å². The Morgan fingerprint density at radius 2 is 2.07 bits per heavy atom. The van der Waals surface area contributed by atoms with Crippen LogP contribution in [0.5, 0.6) is 0 Å². The summed E-state index contributed by atoms with van der Waals surface area (Å²) in [6.07, 6.45) is 6.70. The summed E-state index contributed by atoms with van der Waals surface area (Å²) < 4.78 is 14.9. The highest BCUT2D eigenvalue weighted by Crippen LogP contribution is 2.36. The second-order valence-electron chi connectivity index (χ2n) is 7.40. The number of alkyl halides is 1. The van der Waals surface area contributed by atoms with Crippen molar-refractivity contribution >= 4 is 23.1 Å². The Kier molecular flexibility index (Phi) is 5.23. The third-order valence-corrected chi connectivity index (χ3v) is 5.87. The molecule has 0 atom stereocenters. The summed E-state index contributed by atoms with van der Waals surface area (Å²) in [5, 5.41) is 8.92. The second-order valence-corrected chi connectivity index (χ2v) is 7.81. The number of aryl methyl sites for hydroxylation is 2. The van der Waals surface area contributed by atoms with Crippen molar-refractivity contribution in [2.24, 2.45) is 0 Å². The van der Waals surface area contributed by atoms with Crippen LogP contribution in [0, 0.1) is 6.92 Å². The first-order valence-electron chi connectivity index (χ1n) is 9.95. The molecule has 0 fully saturated rings. The zero-order valence-electron chi connectivity index (χ0n) is 16.5. The van der Waals surface area contributed by atoms with Gasteiger partial charge in [0.15, 0.2) is 5.65 Å². The Morgan fingerprint density at radius 1 is 1.29 bits per heavy atom. The number of nitrogens with zero attached hydrogens (tertiary/aromatic N) is 4. The average molecular weight is 402 g/mol. The molecule has 4 rings (SSSR count). The van der Waals surface area contributed by atoms with E-state index in [0.29, 0.717) is 22.3 Å². The lowest BCUT2D eigenvalue weighted by Gasteiger charge is -2.19. The number of hydrogen-bond acceptors (Lipinski definition) is 4. The van der Waals surface area contributed by atoms with Gasteiger partial charge < -0.3 is 5.32 Å². The molecule has 5 nitrogen and oxygen atoms in total. The normalized spacial score (nSPS) is 13.5. The zero-order chi connectivity index (χ0) is 19.8. The molecule has 1 N–H and O–H groups in total. The Bertz CT molecular complexity index is 1030. The lowest BCUT2D eigenvalue weighted by molar-refractivity contribution is 0.484. The van der Waals surface area contributed by atoms with E-state index in [-0.39, 0.29) is 0 Å². The van der Waals surface area contributed by atoms with Crippen LogP contribution in [0.1, 0.15) is 55.6 Å². The van der Waals surface area contributed by atoms with E-state index in [4.69, 9.17) is 21.7 Å². The highest BCUT2D eigenvalue weighted by atomic mass is 35.5. The summed E-state index contributed by atoms with van der Waals surface area (Å²) in [5.74, 6) is 1.04. The van der Waals surface area contributed by atoms with Gasteiger partial charge in [-0.1, -0.05) is 25.4 Å². The third kappa shape index (κ3) is 3.13. The summed E-state index contributed by atoms with van der Waals surface area (Å²) in [6.45, 7) is 5.73. The molecular formula is C21H25ClFN5. The lowest BCUT2D eigenvalue weighted by atomic mass is 10.1. The fourth-order valence-corrected chi connectivity index (χ4v) is 4.27. The quantitative estimate of drug-likeness (QED) is 0.608. The Morgan fingerprint density at radius 3 is 2.75 bits per heavy atom. The first-order valence-corrected chi connectivity index (χ1v) is 10.3. The topological polar surface area (TPSA) is 55.1 Å².